The van der Waals surface area contributed by atoms with E-state index < -0.39 is 9.84 Å². The smallest absolute Gasteiger partial charge is 0.186 e. The molecule has 4 nitrogen and oxygen atoms in total. The highest BCUT2D eigenvalue weighted by Gasteiger charge is 2.32. The summed E-state index contributed by atoms with van der Waals surface area (Å²) in [5.41, 5.74) is 0.926. The molecule has 17 heavy (non-hydrogen) atoms. The van der Waals surface area contributed by atoms with E-state index in [0.717, 1.165) is 12.1 Å². The summed E-state index contributed by atoms with van der Waals surface area (Å²) >= 11 is 0. The van der Waals surface area contributed by atoms with Crippen molar-refractivity contribution in [1.29, 1.82) is 0 Å². The van der Waals surface area contributed by atoms with Gasteiger partial charge in [0.05, 0.1) is 12.4 Å². The predicted octanol–water partition coefficient (Wildman–Crippen LogP) is 1.14. The third-order valence-electron chi connectivity index (χ3n) is 3.08. The van der Waals surface area contributed by atoms with Crippen molar-refractivity contribution in [3.8, 4) is 5.75 Å². The predicted molar refractivity (Wildman–Crippen MR) is 66.2 cm³/mol. The first-order chi connectivity index (χ1) is 8.05. The van der Waals surface area contributed by atoms with E-state index >= 15 is 0 Å². The van der Waals surface area contributed by atoms with Gasteiger partial charge in [-0.05, 0) is 37.6 Å². The minimum absolute atomic E-state index is 0.314. The molecule has 1 fully saturated rings. The standard InChI is InChI=1S/C12H17NO3S/c1-9-3-4-11(16-2)12(7-9)17(14,15)10-5-6-13-8-10/h3-4,7,10,13H,5-6,8H2,1-2H3. The normalized spacial score (nSPS) is 20.5. The monoisotopic (exact) mass is 255 g/mol. The van der Waals surface area contributed by atoms with Crippen molar-refractivity contribution in [2.24, 2.45) is 0 Å². The Labute approximate surface area is 102 Å². The van der Waals surface area contributed by atoms with Gasteiger partial charge in [0.2, 0.25) is 0 Å². The molecule has 1 aromatic rings. The van der Waals surface area contributed by atoms with Crippen molar-refractivity contribution in [2.75, 3.05) is 20.2 Å². The van der Waals surface area contributed by atoms with Gasteiger partial charge in [0.1, 0.15) is 10.6 Å². The second-order valence-corrected chi connectivity index (χ2v) is 6.51. The van der Waals surface area contributed by atoms with Crippen molar-refractivity contribution < 1.29 is 13.2 Å². The molecule has 0 aliphatic carbocycles. The number of nitrogens with one attached hydrogen (secondary N) is 1. The van der Waals surface area contributed by atoms with E-state index in [4.69, 9.17) is 4.74 Å². The average Bonchev–Trinajstić information content (AvgIpc) is 2.83. The summed E-state index contributed by atoms with van der Waals surface area (Å²) in [6.07, 6.45) is 0.666. The molecule has 0 aromatic heterocycles. The van der Waals surface area contributed by atoms with Gasteiger partial charge in [-0.25, -0.2) is 8.42 Å². The van der Waals surface area contributed by atoms with Gasteiger partial charge in [-0.3, -0.25) is 0 Å². The van der Waals surface area contributed by atoms with E-state index in [9.17, 15) is 8.42 Å². The molecule has 0 amide bonds. The first kappa shape index (κ1) is 12.4. The molecule has 1 aliphatic heterocycles. The zero-order chi connectivity index (χ0) is 12.5. The fourth-order valence-corrected chi connectivity index (χ4v) is 3.99. The molecule has 1 heterocycles. The van der Waals surface area contributed by atoms with Crippen molar-refractivity contribution >= 4 is 9.84 Å². The molecule has 1 unspecified atom stereocenters. The SMILES string of the molecule is COc1ccc(C)cc1S(=O)(=O)C1CCNC1. The van der Waals surface area contributed by atoms with Gasteiger partial charge in [0.25, 0.3) is 0 Å². The van der Waals surface area contributed by atoms with E-state index in [2.05, 4.69) is 5.32 Å². The Morgan fingerprint density at radius 3 is 2.76 bits per heavy atom. The minimum Gasteiger partial charge on any atom is -0.495 e. The number of rotatable bonds is 3. The van der Waals surface area contributed by atoms with Crippen LogP contribution in [-0.4, -0.2) is 33.9 Å². The Balaban J connectivity index is 2.47. The maximum absolute atomic E-state index is 12.4. The Morgan fingerprint density at radius 1 is 1.41 bits per heavy atom. The van der Waals surface area contributed by atoms with Crippen LogP contribution < -0.4 is 10.1 Å². The van der Waals surface area contributed by atoms with E-state index in [1.54, 1.807) is 12.1 Å². The molecule has 1 atom stereocenters. The van der Waals surface area contributed by atoms with Crippen LogP contribution in [0.4, 0.5) is 0 Å². The van der Waals surface area contributed by atoms with Gasteiger partial charge in [-0.2, -0.15) is 0 Å². The Bertz CT molecular complexity index is 504. The molecule has 1 saturated heterocycles. The third kappa shape index (κ3) is 2.30. The van der Waals surface area contributed by atoms with Crippen molar-refractivity contribution in [3.05, 3.63) is 23.8 Å². The minimum atomic E-state index is -3.29. The molecule has 2 rings (SSSR count). The summed E-state index contributed by atoms with van der Waals surface area (Å²) < 4.78 is 30.0. The van der Waals surface area contributed by atoms with Crippen LogP contribution in [0.2, 0.25) is 0 Å². The highest BCUT2D eigenvalue weighted by Crippen LogP contribution is 2.29. The fraction of sp³-hybridized carbons (Fsp3) is 0.500. The van der Waals surface area contributed by atoms with Gasteiger partial charge in [-0.15, -0.1) is 0 Å². The van der Waals surface area contributed by atoms with Crippen molar-refractivity contribution in [3.63, 3.8) is 0 Å². The molecule has 1 aliphatic rings. The molecule has 1 N–H and O–H groups in total. The van der Waals surface area contributed by atoms with Gasteiger partial charge >= 0.3 is 0 Å². The molecule has 0 radical (unpaired) electrons. The molecule has 0 bridgehead atoms. The summed E-state index contributed by atoms with van der Waals surface area (Å²) in [5.74, 6) is 0.433. The second-order valence-electron chi connectivity index (χ2n) is 4.31. The topological polar surface area (TPSA) is 55.4 Å². The molecule has 1 aromatic carbocycles. The fourth-order valence-electron chi connectivity index (χ4n) is 2.08. The molecule has 94 valence electrons. The number of hydrogen-bond acceptors (Lipinski definition) is 4. The van der Waals surface area contributed by atoms with Gasteiger partial charge < -0.3 is 10.1 Å². The lowest BCUT2D eigenvalue weighted by Gasteiger charge is -2.14. The van der Waals surface area contributed by atoms with Gasteiger partial charge in [0.15, 0.2) is 9.84 Å². The van der Waals surface area contributed by atoms with E-state index in [0.29, 0.717) is 23.6 Å². The molecular formula is C12H17NO3S. The number of benzene rings is 1. The second kappa shape index (κ2) is 4.66. The van der Waals surface area contributed by atoms with Crippen LogP contribution in [0, 0.1) is 6.92 Å². The largest absolute Gasteiger partial charge is 0.495 e. The van der Waals surface area contributed by atoms with E-state index in [1.807, 2.05) is 13.0 Å². The van der Waals surface area contributed by atoms with Crippen molar-refractivity contribution in [1.82, 2.24) is 5.32 Å². The highest BCUT2D eigenvalue weighted by atomic mass is 32.2. The highest BCUT2D eigenvalue weighted by molar-refractivity contribution is 7.92. The number of hydrogen-bond donors (Lipinski definition) is 1. The van der Waals surface area contributed by atoms with Crippen LogP contribution in [0.5, 0.6) is 5.75 Å². The summed E-state index contributed by atoms with van der Waals surface area (Å²) in [7, 11) is -1.79. The zero-order valence-electron chi connectivity index (χ0n) is 10.1. The van der Waals surface area contributed by atoms with Crippen LogP contribution >= 0.6 is 0 Å². The van der Waals surface area contributed by atoms with Gasteiger partial charge in [-0.1, -0.05) is 6.07 Å². The lowest BCUT2D eigenvalue weighted by atomic mass is 10.2. The van der Waals surface area contributed by atoms with E-state index in [-0.39, 0.29) is 5.25 Å². The summed E-state index contributed by atoms with van der Waals surface area (Å²) in [5, 5.41) is 2.75. The number of ether oxygens (including phenoxy) is 1. The summed E-state index contributed by atoms with van der Waals surface area (Å²) in [4.78, 5) is 0.314. The lowest BCUT2D eigenvalue weighted by molar-refractivity contribution is 0.402. The lowest BCUT2D eigenvalue weighted by Crippen LogP contribution is -2.24. The number of aryl methyl sites for hydroxylation is 1. The molecule has 0 spiro atoms. The Kier molecular flexibility index (Phi) is 3.40. The van der Waals surface area contributed by atoms with Gasteiger partial charge in [0, 0.05) is 6.54 Å². The zero-order valence-corrected chi connectivity index (χ0v) is 10.9. The molecule has 5 heteroatoms. The van der Waals surface area contributed by atoms with Crippen LogP contribution in [0.1, 0.15) is 12.0 Å². The third-order valence-corrected chi connectivity index (χ3v) is 5.29. The van der Waals surface area contributed by atoms with E-state index in [1.165, 1.54) is 7.11 Å². The summed E-state index contributed by atoms with van der Waals surface area (Å²) in [6.45, 7) is 3.17. The first-order valence-electron chi connectivity index (χ1n) is 5.65. The Morgan fingerprint density at radius 2 is 2.18 bits per heavy atom. The maximum Gasteiger partial charge on any atom is 0.186 e. The van der Waals surface area contributed by atoms with Crippen LogP contribution in [-0.2, 0) is 9.84 Å². The molecular weight excluding hydrogens is 238 g/mol. The van der Waals surface area contributed by atoms with Crippen LogP contribution in [0.15, 0.2) is 23.1 Å². The average molecular weight is 255 g/mol. The molecule has 0 saturated carbocycles. The van der Waals surface area contributed by atoms with Crippen LogP contribution in [0.3, 0.4) is 0 Å². The summed E-state index contributed by atoms with van der Waals surface area (Å²) in [6, 6.07) is 5.25. The number of sulfone groups is 1. The first-order valence-corrected chi connectivity index (χ1v) is 7.19. The van der Waals surface area contributed by atoms with Crippen molar-refractivity contribution in [2.45, 2.75) is 23.5 Å². The maximum atomic E-state index is 12.4. The number of methoxy groups -OCH3 is 1. The van der Waals surface area contributed by atoms with Crippen LogP contribution in [0.25, 0.3) is 0 Å². The quantitative estimate of drug-likeness (QED) is 0.880. The Hall–Kier alpha value is -1.07.